The minimum absolute atomic E-state index is 0.00390. The number of carbonyl (C=O) groups is 3. The number of ether oxygens (including phenoxy) is 1. The molecule has 4 nitrogen and oxygen atoms in total. The molecule has 0 aromatic rings. The van der Waals surface area contributed by atoms with Gasteiger partial charge in [0, 0.05) is 18.8 Å². The average Bonchev–Trinajstić information content (AvgIpc) is 2.89. The lowest BCUT2D eigenvalue weighted by Crippen LogP contribution is -2.59. The fourth-order valence-electron chi connectivity index (χ4n) is 7.70. The van der Waals surface area contributed by atoms with E-state index in [2.05, 4.69) is 19.9 Å². The summed E-state index contributed by atoms with van der Waals surface area (Å²) in [6, 6.07) is 0. The molecule has 4 rings (SSSR count). The van der Waals surface area contributed by atoms with Crippen molar-refractivity contribution in [2.24, 2.45) is 34.5 Å². The van der Waals surface area contributed by atoms with E-state index in [9.17, 15) is 14.4 Å². The van der Waals surface area contributed by atoms with Gasteiger partial charge in [0.25, 0.3) is 0 Å². The normalized spacial score (nSPS) is 48.4. The summed E-state index contributed by atoms with van der Waals surface area (Å²) in [5, 5.41) is 0. The number of carbonyl (C=O) groups excluding carboxylic acids is 3. The van der Waals surface area contributed by atoms with Gasteiger partial charge < -0.3 is 4.74 Å². The lowest BCUT2D eigenvalue weighted by Gasteiger charge is -2.59. The molecule has 0 saturated heterocycles. The van der Waals surface area contributed by atoms with E-state index in [1.54, 1.807) is 13.0 Å². The van der Waals surface area contributed by atoms with Gasteiger partial charge in [-0.2, -0.15) is 0 Å². The number of hydrogen-bond acceptors (Lipinski definition) is 4. The fourth-order valence-corrected chi connectivity index (χ4v) is 7.70. The number of esters is 1. The second-order valence-electron chi connectivity index (χ2n) is 9.99. The Hall–Kier alpha value is -1.45. The number of rotatable bonds is 2. The largest absolute Gasteiger partial charge is 0.451 e. The Labute approximate surface area is 162 Å². The molecule has 0 spiro atoms. The van der Waals surface area contributed by atoms with Gasteiger partial charge in [-0.15, -0.1) is 0 Å². The number of allylic oxidation sites excluding steroid dienone is 2. The third kappa shape index (κ3) is 2.44. The molecule has 0 aliphatic heterocycles. The molecule has 0 aromatic heterocycles. The van der Waals surface area contributed by atoms with Crippen molar-refractivity contribution in [3.05, 3.63) is 12.2 Å². The van der Waals surface area contributed by atoms with Gasteiger partial charge in [0.1, 0.15) is 0 Å². The molecule has 4 aliphatic carbocycles. The Morgan fingerprint density at radius 3 is 2.41 bits per heavy atom. The van der Waals surface area contributed by atoms with Crippen molar-refractivity contribution in [2.45, 2.75) is 78.2 Å². The fraction of sp³-hybridized carbons (Fsp3) is 0.783. The maximum atomic E-state index is 12.7. The van der Waals surface area contributed by atoms with Gasteiger partial charge in [0.05, 0.1) is 0 Å². The van der Waals surface area contributed by atoms with Gasteiger partial charge in [-0.3, -0.25) is 14.4 Å². The third-order valence-electron chi connectivity index (χ3n) is 9.05. The molecule has 0 unspecified atom stereocenters. The minimum atomic E-state index is -0.954. The van der Waals surface area contributed by atoms with Crippen LogP contribution in [0, 0.1) is 34.5 Å². The van der Waals surface area contributed by atoms with E-state index in [0.29, 0.717) is 36.5 Å². The first-order valence-corrected chi connectivity index (χ1v) is 10.6. The molecule has 0 radical (unpaired) electrons. The van der Waals surface area contributed by atoms with E-state index in [0.717, 1.165) is 32.1 Å². The molecule has 27 heavy (non-hydrogen) atoms. The molecule has 4 heteroatoms. The minimum Gasteiger partial charge on any atom is -0.451 e. The first kappa shape index (κ1) is 18.9. The first-order valence-electron chi connectivity index (χ1n) is 10.6. The van der Waals surface area contributed by atoms with E-state index in [1.165, 1.54) is 6.92 Å². The highest BCUT2D eigenvalue weighted by atomic mass is 16.6. The summed E-state index contributed by atoms with van der Waals surface area (Å²) < 4.78 is 5.81. The Bertz CT molecular complexity index is 724. The molecule has 0 aromatic carbocycles. The van der Waals surface area contributed by atoms with E-state index in [-0.39, 0.29) is 28.4 Å². The summed E-state index contributed by atoms with van der Waals surface area (Å²) in [5.74, 6) is 1.88. The Morgan fingerprint density at radius 1 is 1.04 bits per heavy atom. The van der Waals surface area contributed by atoms with Crippen LogP contribution in [0.2, 0.25) is 0 Å². The molecular formula is C23H32O4. The molecule has 7 atom stereocenters. The van der Waals surface area contributed by atoms with Gasteiger partial charge >= 0.3 is 5.97 Å². The maximum Gasteiger partial charge on any atom is 0.303 e. The monoisotopic (exact) mass is 372 g/mol. The van der Waals surface area contributed by atoms with Crippen LogP contribution in [0.4, 0.5) is 0 Å². The summed E-state index contributed by atoms with van der Waals surface area (Å²) in [6.07, 6.45) is 10.5. The van der Waals surface area contributed by atoms with Crippen LogP contribution >= 0.6 is 0 Å². The zero-order valence-electron chi connectivity index (χ0n) is 17.0. The van der Waals surface area contributed by atoms with E-state index in [4.69, 9.17) is 4.74 Å². The van der Waals surface area contributed by atoms with Crippen LogP contribution in [-0.2, 0) is 19.1 Å². The number of Topliss-reactive ketones (excluding diaryl/α,β-unsaturated/α-hetero) is 1. The Balaban J connectivity index is 1.70. The van der Waals surface area contributed by atoms with E-state index in [1.807, 2.05) is 0 Å². The first-order chi connectivity index (χ1) is 12.6. The Morgan fingerprint density at radius 2 is 1.74 bits per heavy atom. The van der Waals surface area contributed by atoms with E-state index >= 15 is 0 Å². The molecular weight excluding hydrogens is 340 g/mol. The molecule has 0 heterocycles. The molecule has 3 saturated carbocycles. The summed E-state index contributed by atoms with van der Waals surface area (Å²) in [5.41, 5.74) is -1.14. The van der Waals surface area contributed by atoms with Crippen molar-refractivity contribution in [3.63, 3.8) is 0 Å². The predicted molar refractivity (Wildman–Crippen MR) is 102 cm³/mol. The smallest absolute Gasteiger partial charge is 0.303 e. The van der Waals surface area contributed by atoms with Crippen molar-refractivity contribution >= 4 is 17.5 Å². The predicted octanol–water partition coefficient (Wildman–Crippen LogP) is 4.27. The van der Waals surface area contributed by atoms with Crippen LogP contribution in [0.25, 0.3) is 0 Å². The van der Waals surface area contributed by atoms with Crippen LogP contribution in [-0.4, -0.2) is 23.1 Å². The van der Waals surface area contributed by atoms with Crippen molar-refractivity contribution in [2.75, 3.05) is 0 Å². The second-order valence-corrected chi connectivity index (χ2v) is 9.99. The highest BCUT2D eigenvalue weighted by molar-refractivity contribution is 5.91. The van der Waals surface area contributed by atoms with Gasteiger partial charge in [-0.1, -0.05) is 19.9 Å². The van der Waals surface area contributed by atoms with Crippen molar-refractivity contribution in [3.8, 4) is 0 Å². The lowest BCUT2D eigenvalue weighted by atomic mass is 9.45. The lowest BCUT2D eigenvalue weighted by molar-refractivity contribution is -0.188. The van der Waals surface area contributed by atoms with Gasteiger partial charge in [-0.25, -0.2) is 0 Å². The summed E-state index contributed by atoms with van der Waals surface area (Å²) in [6.45, 7) is 7.55. The molecule has 3 fully saturated rings. The van der Waals surface area contributed by atoms with Crippen molar-refractivity contribution in [1.29, 1.82) is 0 Å². The van der Waals surface area contributed by atoms with Crippen LogP contribution < -0.4 is 0 Å². The van der Waals surface area contributed by atoms with Gasteiger partial charge in [-0.05, 0) is 80.6 Å². The standard InChI is InChI=1S/C23H32O4/c1-14(24)23(27-15(2)25)12-9-20-18-6-5-16-13-17(26)7-10-21(16,3)19(18)8-11-22(20,23)4/h7,10,16,18-20H,5-6,8-9,11-13H2,1-4H3/t16-,18+,19-,20-,21-,22-,23-/m0/s1. The van der Waals surface area contributed by atoms with Gasteiger partial charge in [0.15, 0.2) is 17.2 Å². The number of fused-ring (bicyclic) bond motifs is 5. The summed E-state index contributed by atoms with van der Waals surface area (Å²) in [7, 11) is 0. The molecule has 4 aliphatic rings. The molecule has 0 amide bonds. The third-order valence-corrected chi connectivity index (χ3v) is 9.05. The number of ketones is 2. The summed E-state index contributed by atoms with van der Waals surface area (Å²) >= 11 is 0. The number of hydrogen-bond donors (Lipinski definition) is 0. The molecule has 0 bridgehead atoms. The Kier molecular flexibility index (Phi) is 4.21. The topological polar surface area (TPSA) is 60.4 Å². The van der Waals surface area contributed by atoms with Crippen LogP contribution in [0.15, 0.2) is 12.2 Å². The second kappa shape index (κ2) is 6.02. The van der Waals surface area contributed by atoms with Crippen LogP contribution in [0.5, 0.6) is 0 Å². The SMILES string of the molecule is CC(=O)O[C@]1(C(C)=O)CC[C@H]2[C@@H]3CC[C@H]4CC(=O)C=C[C@]4(C)[C@H]3CC[C@@]21C. The summed E-state index contributed by atoms with van der Waals surface area (Å²) in [4.78, 5) is 36.5. The molecule has 0 N–H and O–H groups in total. The zero-order valence-corrected chi connectivity index (χ0v) is 17.0. The van der Waals surface area contributed by atoms with E-state index < -0.39 is 5.60 Å². The van der Waals surface area contributed by atoms with Crippen molar-refractivity contribution in [1.82, 2.24) is 0 Å². The van der Waals surface area contributed by atoms with Gasteiger partial charge in [0.2, 0.25) is 0 Å². The maximum absolute atomic E-state index is 12.7. The molecule has 148 valence electrons. The van der Waals surface area contributed by atoms with Crippen LogP contribution in [0.3, 0.4) is 0 Å². The average molecular weight is 373 g/mol. The zero-order chi connectivity index (χ0) is 19.6. The highest BCUT2D eigenvalue weighted by Crippen LogP contribution is 2.68. The van der Waals surface area contributed by atoms with Crippen LogP contribution in [0.1, 0.15) is 72.6 Å². The van der Waals surface area contributed by atoms with Crippen molar-refractivity contribution < 1.29 is 19.1 Å². The highest BCUT2D eigenvalue weighted by Gasteiger charge is 2.67. The quantitative estimate of drug-likeness (QED) is 0.679.